The van der Waals surface area contributed by atoms with Crippen LogP contribution >= 0.6 is 0 Å². The molecule has 0 saturated heterocycles. The van der Waals surface area contributed by atoms with Crippen LogP contribution in [0.3, 0.4) is 0 Å². The molecule has 1 aromatic rings. The molecule has 0 aromatic heterocycles. The second-order valence-corrected chi connectivity index (χ2v) is 3.51. The third-order valence-electron chi connectivity index (χ3n) is 2.36. The van der Waals surface area contributed by atoms with Crippen molar-refractivity contribution in [2.24, 2.45) is 0 Å². The first-order valence-electron chi connectivity index (χ1n) is 4.63. The predicted octanol–water partition coefficient (Wildman–Crippen LogP) is 3.91. The summed E-state index contributed by atoms with van der Waals surface area (Å²) in [5, 5.41) is 0. The van der Waals surface area contributed by atoms with E-state index in [0.29, 0.717) is 7.05 Å². The van der Waals surface area contributed by atoms with Gasteiger partial charge in [-0.2, -0.15) is 30.7 Å². The van der Waals surface area contributed by atoms with Gasteiger partial charge < -0.3 is 4.90 Å². The van der Waals surface area contributed by atoms with Gasteiger partial charge in [0.1, 0.15) is 0 Å². The van der Waals surface area contributed by atoms with Crippen LogP contribution in [0.1, 0.15) is 0 Å². The summed E-state index contributed by atoms with van der Waals surface area (Å²) in [5.74, 6) is -5.43. The van der Waals surface area contributed by atoms with Gasteiger partial charge in [-0.05, 0) is 12.1 Å². The minimum absolute atomic E-state index is 0.399. The van der Waals surface area contributed by atoms with E-state index in [1.165, 1.54) is 18.2 Å². The van der Waals surface area contributed by atoms with Gasteiger partial charge >= 0.3 is 18.1 Å². The lowest BCUT2D eigenvalue weighted by atomic mass is 10.1. The molecular formula is C10H8F7N. The van der Waals surface area contributed by atoms with Gasteiger partial charge in [0.2, 0.25) is 0 Å². The topological polar surface area (TPSA) is 3.24 Å². The molecule has 0 heterocycles. The molecule has 0 radical (unpaired) electrons. The molecule has 0 bridgehead atoms. The highest BCUT2D eigenvalue weighted by molar-refractivity contribution is 5.48. The van der Waals surface area contributed by atoms with Crippen LogP contribution in [0.25, 0.3) is 0 Å². The van der Waals surface area contributed by atoms with Crippen molar-refractivity contribution in [2.45, 2.75) is 18.1 Å². The van der Waals surface area contributed by atoms with Gasteiger partial charge in [-0.25, -0.2) is 0 Å². The number of rotatable bonds is 2. The maximum atomic E-state index is 13.6. The van der Waals surface area contributed by atoms with E-state index in [1.54, 1.807) is 0 Å². The van der Waals surface area contributed by atoms with E-state index >= 15 is 0 Å². The molecule has 0 saturated carbocycles. The van der Waals surface area contributed by atoms with Crippen LogP contribution in [0.15, 0.2) is 30.3 Å². The van der Waals surface area contributed by atoms with Crippen molar-refractivity contribution in [3.05, 3.63) is 30.3 Å². The van der Waals surface area contributed by atoms with Crippen molar-refractivity contribution in [1.82, 2.24) is 0 Å². The maximum Gasteiger partial charge on any atom is 0.451 e. The van der Waals surface area contributed by atoms with Crippen LogP contribution in [-0.2, 0) is 0 Å². The Kier molecular flexibility index (Phi) is 3.51. The zero-order valence-electron chi connectivity index (χ0n) is 8.98. The normalized spacial score (nSPS) is 13.6. The Bertz CT molecular complexity index is 381. The van der Waals surface area contributed by atoms with E-state index in [1.807, 2.05) is 0 Å². The van der Waals surface area contributed by atoms with Gasteiger partial charge in [0, 0.05) is 12.7 Å². The van der Waals surface area contributed by atoms with E-state index in [0.717, 1.165) is 12.1 Å². The maximum absolute atomic E-state index is 13.6. The molecule has 0 spiro atoms. The first-order valence-corrected chi connectivity index (χ1v) is 4.63. The Morgan fingerprint density at radius 3 is 1.50 bits per heavy atom. The summed E-state index contributed by atoms with van der Waals surface area (Å²) in [6.07, 6.45) is -12.2. The monoisotopic (exact) mass is 275 g/mol. The highest BCUT2D eigenvalue weighted by atomic mass is 19.4. The van der Waals surface area contributed by atoms with Crippen molar-refractivity contribution in [3.8, 4) is 0 Å². The van der Waals surface area contributed by atoms with E-state index < -0.39 is 28.7 Å². The smallest absolute Gasteiger partial charge is 0.327 e. The highest BCUT2D eigenvalue weighted by Crippen LogP contribution is 2.49. The first-order chi connectivity index (χ1) is 8.02. The van der Waals surface area contributed by atoms with Crippen LogP contribution in [0.4, 0.5) is 36.4 Å². The fourth-order valence-corrected chi connectivity index (χ4v) is 1.37. The van der Waals surface area contributed by atoms with Gasteiger partial charge in [0.25, 0.3) is 0 Å². The summed E-state index contributed by atoms with van der Waals surface area (Å²) < 4.78 is 88.0. The average Bonchev–Trinajstić information content (AvgIpc) is 2.25. The Hall–Kier alpha value is -1.47. The first kappa shape index (κ1) is 14.6. The second-order valence-electron chi connectivity index (χ2n) is 3.51. The molecule has 0 fully saturated rings. The molecule has 18 heavy (non-hydrogen) atoms. The third kappa shape index (κ3) is 2.23. The molecule has 8 heteroatoms. The lowest BCUT2D eigenvalue weighted by Gasteiger charge is -2.38. The van der Waals surface area contributed by atoms with Crippen molar-refractivity contribution in [1.29, 1.82) is 0 Å². The minimum atomic E-state index is -6.10. The van der Waals surface area contributed by atoms with Crippen LogP contribution in [0.5, 0.6) is 0 Å². The third-order valence-corrected chi connectivity index (χ3v) is 2.36. The van der Waals surface area contributed by atoms with E-state index in [-0.39, 0.29) is 0 Å². The fraction of sp³-hybridized carbons (Fsp3) is 0.400. The number of benzene rings is 1. The van der Waals surface area contributed by atoms with Crippen LogP contribution < -0.4 is 4.90 Å². The summed E-state index contributed by atoms with van der Waals surface area (Å²) in [6.45, 7) is 0. The molecule has 0 N–H and O–H groups in total. The molecular weight excluding hydrogens is 267 g/mol. The van der Waals surface area contributed by atoms with Crippen molar-refractivity contribution < 1.29 is 30.7 Å². The fourth-order valence-electron chi connectivity index (χ4n) is 1.37. The molecule has 0 aliphatic rings. The lowest BCUT2D eigenvalue weighted by molar-refractivity contribution is -0.339. The van der Waals surface area contributed by atoms with E-state index in [2.05, 4.69) is 0 Å². The largest absolute Gasteiger partial charge is 0.451 e. The number of para-hydroxylation sites is 1. The Balaban J connectivity index is 3.30. The van der Waals surface area contributed by atoms with Gasteiger partial charge in [-0.15, -0.1) is 0 Å². The predicted molar refractivity (Wildman–Crippen MR) is 50.8 cm³/mol. The number of anilines is 1. The molecule has 0 aliphatic carbocycles. The molecule has 0 atom stereocenters. The summed E-state index contributed by atoms with van der Waals surface area (Å²) >= 11 is 0. The molecule has 0 aliphatic heterocycles. The quantitative estimate of drug-likeness (QED) is 0.584. The van der Waals surface area contributed by atoms with Gasteiger partial charge in [-0.1, -0.05) is 18.2 Å². The molecule has 1 aromatic carbocycles. The lowest BCUT2D eigenvalue weighted by Crippen LogP contribution is -2.63. The average molecular weight is 275 g/mol. The number of nitrogens with zero attached hydrogens (tertiary/aromatic N) is 1. The second kappa shape index (κ2) is 4.33. The van der Waals surface area contributed by atoms with Gasteiger partial charge in [0.15, 0.2) is 0 Å². The van der Waals surface area contributed by atoms with Crippen molar-refractivity contribution in [3.63, 3.8) is 0 Å². The molecule has 102 valence electrons. The SMILES string of the molecule is CN(c1ccccc1)C(F)(C(F)(F)F)C(F)(F)F. The standard InChI is InChI=1S/C10H8F7N/c1-18(7-5-3-2-4-6-7)8(11,9(12,13)14)10(15,16)17/h2-6H,1H3. The van der Waals surface area contributed by atoms with Crippen molar-refractivity contribution in [2.75, 3.05) is 11.9 Å². The van der Waals surface area contributed by atoms with Gasteiger partial charge in [-0.3, -0.25) is 0 Å². The number of hydrogen-bond acceptors (Lipinski definition) is 1. The minimum Gasteiger partial charge on any atom is -0.327 e. The summed E-state index contributed by atoms with van der Waals surface area (Å²) in [7, 11) is 0.399. The summed E-state index contributed by atoms with van der Waals surface area (Å²) in [6, 6.07) is 5.70. The molecule has 0 unspecified atom stereocenters. The Labute approximate surface area is 97.8 Å². The van der Waals surface area contributed by atoms with Crippen molar-refractivity contribution >= 4 is 5.69 Å². The Morgan fingerprint density at radius 1 is 0.778 bits per heavy atom. The number of alkyl halides is 7. The van der Waals surface area contributed by atoms with Crippen LogP contribution in [0, 0.1) is 0 Å². The zero-order valence-corrected chi connectivity index (χ0v) is 8.98. The number of halogens is 7. The van der Waals surface area contributed by atoms with Crippen LogP contribution in [0.2, 0.25) is 0 Å². The summed E-state index contributed by atoms with van der Waals surface area (Å²) in [5.41, 5.74) is -0.533. The molecule has 1 rings (SSSR count). The number of hydrogen-bond donors (Lipinski definition) is 0. The zero-order chi connectivity index (χ0) is 14.2. The van der Waals surface area contributed by atoms with Gasteiger partial charge in [0.05, 0.1) is 0 Å². The van der Waals surface area contributed by atoms with E-state index in [9.17, 15) is 30.7 Å². The summed E-state index contributed by atoms with van der Waals surface area (Å²) in [4.78, 5) is -0.479. The molecule has 0 amide bonds. The molecule has 1 nitrogen and oxygen atoms in total. The Morgan fingerprint density at radius 2 is 1.17 bits per heavy atom. The van der Waals surface area contributed by atoms with Crippen LogP contribution in [-0.4, -0.2) is 25.2 Å². The highest BCUT2D eigenvalue weighted by Gasteiger charge is 2.75. The van der Waals surface area contributed by atoms with E-state index in [4.69, 9.17) is 0 Å².